The van der Waals surface area contributed by atoms with Crippen LogP contribution in [0.25, 0.3) is 10.9 Å². The SMILES string of the molecule is OCc1ccc2ccn(CCc3cccs3)c2c1. The lowest BCUT2D eigenvalue weighted by molar-refractivity contribution is 0.282. The van der Waals surface area contributed by atoms with E-state index in [0.717, 1.165) is 18.5 Å². The predicted octanol–water partition coefficient (Wildman–Crippen LogP) is 3.44. The first kappa shape index (κ1) is 11.5. The van der Waals surface area contributed by atoms with Crippen molar-refractivity contribution in [2.45, 2.75) is 19.6 Å². The maximum absolute atomic E-state index is 9.20. The van der Waals surface area contributed by atoms with Gasteiger partial charge in [-0.2, -0.15) is 0 Å². The zero-order chi connectivity index (χ0) is 12.4. The molecule has 2 aromatic heterocycles. The van der Waals surface area contributed by atoms with Gasteiger partial charge >= 0.3 is 0 Å². The zero-order valence-electron chi connectivity index (χ0n) is 10.0. The second-order valence-electron chi connectivity index (χ2n) is 4.39. The summed E-state index contributed by atoms with van der Waals surface area (Å²) < 4.78 is 2.26. The van der Waals surface area contributed by atoms with Crippen molar-refractivity contribution in [2.24, 2.45) is 0 Å². The fourth-order valence-corrected chi connectivity index (χ4v) is 2.91. The number of hydrogen-bond acceptors (Lipinski definition) is 2. The van der Waals surface area contributed by atoms with Gasteiger partial charge in [0, 0.05) is 23.1 Å². The highest BCUT2D eigenvalue weighted by atomic mass is 32.1. The Morgan fingerprint density at radius 1 is 1.17 bits per heavy atom. The largest absolute Gasteiger partial charge is 0.392 e. The molecule has 0 aliphatic rings. The molecule has 3 aromatic rings. The van der Waals surface area contributed by atoms with Crippen LogP contribution in [-0.4, -0.2) is 9.67 Å². The summed E-state index contributed by atoms with van der Waals surface area (Å²) in [5.41, 5.74) is 2.18. The van der Waals surface area contributed by atoms with E-state index >= 15 is 0 Å². The standard InChI is InChI=1S/C15H15NOS/c17-11-12-3-4-13-5-7-16(15(13)10-12)8-6-14-2-1-9-18-14/h1-5,7,9-10,17H,6,8,11H2. The van der Waals surface area contributed by atoms with E-state index in [1.165, 1.54) is 15.8 Å². The molecular weight excluding hydrogens is 242 g/mol. The number of fused-ring (bicyclic) bond motifs is 1. The van der Waals surface area contributed by atoms with Crippen LogP contribution in [0.2, 0.25) is 0 Å². The highest BCUT2D eigenvalue weighted by molar-refractivity contribution is 7.09. The number of aromatic nitrogens is 1. The number of thiophene rings is 1. The fraction of sp³-hybridized carbons (Fsp3) is 0.200. The first-order valence-electron chi connectivity index (χ1n) is 6.08. The van der Waals surface area contributed by atoms with Crippen LogP contribution >= 0.6 is 11.3 Å². The minimum atomic E-state index is 0.103. The smallest absolute Gasteiger partial charge is 0.0682 e. The molecule has 0 fully saturated rings. The van der Waals surface area contributed by atoms with E-state index in [9.17, 15) is 5.11 Å². The van der Waals surface area contributed by atoms with Crippen LogP contribution < -0.4 is 0 Å². The van der Waals surface area contributed by atoms with Gasteiger partial charge in [-0.05, 0) is 40.9 Å². The Labute approximate surface area is 110 Å². The Kier molecular flexibility index (Phi) is 3.17. The van der Waals surface area contributed by atoms with Crippen molar-refractivity contribution in [3.8, 4) is 0 Å². The number of hydrogen-bond donors (Lipinski definition) is 1. The summed E-state index contributed by atoms with van der Waals surface area (Å²) >= 11 is 1.80. The summed E-state index contributed by atoms with van der Waals surface area (Å²) in [5, 5.41) is 12.6. The monoisotopic (exact) mass is 257 g/mol. The van der Waals surface area contributed by atoms with Gasteiger partial charge in [0.05, 0.1) is 6.61 Å². The summed E-state index contributed by atoms with van der Waals surface area (Å²) in [4.78, 5) is 1.41. The molecule has 0 aliphatic heterocycles. The summed E-state index contributed by atoms with van der Waals surface area (Å²) in [6, 6.07) is 12.5. The Morgan fingerprint density at radius 3 is 2.89 bits per heavy atom. The first-order chi connectivity index (χ1) is 8.86. The third-order valence-electron chi connectivity index (χ3n) is 3.20. The van der Waals surface area contributed by atoms with E-state index in [-0.39, 0.29) is 6.61 Å². The summed E-state index contributed by atoms with van der Waals surface area (Å²) in [6.07, 6.45) is 3.18. The molecule has 0 unspecified atom stereocenters. The van der Waals surface area contributed by atoms with E-state index in [4.69, 9.17) is 0 Å². The number of aryl methyl sites for hydroxylation is 2. The summed E-state index contributed by atoms with van der Waals surface area (Å²) in [6.45, 7) is 1.09. The minimum absolute atomic E-state index is 0.103. The highest BCUT2D eigenvalue weighted by Crippen LogP contribution is 2.19. The Balaban J connectivity index is 1.87. The van der Waals surface area contributed by atoms with Crippen LogP contribution in [0.5, 0.6) is 0 Å². The van der Waals surface area contributed by atoms with Crippen LogP contribution in [0.3, 0.4) is 0 Å². The van der Waals surface area contributed by atoms with Crippen LogP contribution in [0.4, 0.5) is 0 Å². The lowest BCUT2D eigenvalue weighted by Gasteiger charge is -2.05. The molecule has 2 heterocycles. The van der Waals surface area contributed by atoms with Crippen molar-refractivity contribution < 1.29 is 5.11 Å². The lowest BCUT2D eigenvalue weighted by atomic mass is 10.2. The van der Waals surface area contributed by atoms with Gasteiger partial charge in [-0.3, -0.25) is 0 Å². The lowest BCUT2D eigenvalue weighted by Crippen LogP contribution is -1.98. The topological polar surface area (TPSA) is 25.2 Å². The highest BCUT2D eigenvalue weighted by Gasteiger charge is 2.03. The first-order valence-corrected chi connectivity index (χ1v) is 6.96. The number of benzene rings is 1. The number of aliphatic hydroxyl groups is 1. The molecule has 0 saturated heterocycles. The van der Waals surface area contributed by atoms with Gasteiger partial charge in [0.1, 0.15) is 0 Å². The molecule has 2 nitrogen and oxygen atoms in total. The van der Waals surface area contributed by atoms with E-state index in [1.807, 2.05) is 6.07 Å². The van der Waals surface area contributed by atoms with Gasteiger partial charge in [0.15, 0.2) is 0 Å². The molecule has 0 radical (unpaired) electrons. The molecule has 0 bridgehead atoms. The summed E-state index contributed by atoms with van der Waals surface area (Å²) in [7, 11) is 0. The van der Waals surface area contributed by atoms with Gasteiger partial charge < -0.3 is 9.67 Å². The normalized spacial score (nSPS) is 11.2. The van der Waals surface area contributed by atoms with Crippen LogP contribution in [-0.2, 0) is 19.6 Å². The van der Waals surface area contributed by atoms with Crippen molar-refractivity contribution in [1.29, 1.82) is 0 Å². The van der Waals surface area contributed by atoms with E-state index in [1.54, 1.807) is 11.3 Å². The zero-order valence-corrected chi connectivity index (χ0v) is 10.9. The molecule has 0 amide bonds. The molecule has 0 aliphatic carbocycles. The van der Waals surface area contributed by atoms with Gasteiger partial charge in [0.2, 0.25) is 0 Å². The molecule has 92 valence electrons. The van der Waals surface area contributed by atoms with Gasteiger partial charge in [-0.25, -0.2) is 0 Å². The molecule has 3 heteroatoms. The number of aliphatic hydroxyl groups excluding tert-OH is 1. The van der Waals surface area contributed by atoms with Crippen molar-refractivity contribution in [3.63, 3.8) is 0 Å². The van der Waals surface area contributed by atoms with E-state index in [2.05, 4.69) is 46.5 Å². The van der Waals surface area contributed by atoms with Crippen molar-refractivity contribution in [3.05, 3.63) is 58.4 Å². The van der Waals surface area contributed by atoms with E-state index in [0.29, 0.717) is 0 Å². The fourth-order valence-electron chi connectivity index (χ4n) is 2.21. The number of rotatable bonds is 4. The average molecular weight is 257 g/mol. The average Bonchev–Trinajstić information content (AvgIpc) is 3.05. The van der Waals surface area contributed by atoms with E-state index < -0.39 is 0 Å². The second kappa shape index (κ2) is 4.96. The minimum Gasteiger partial charge on any atom is -0.392 e. The van der Waals surface area contributed by atoms with Gasteiger partial charge in [0.25, 0.3) is 0 Å². The molecule has 3 rings (SSSR count). The van der Waals surface area contributed by atoms with Gasteiger partial charge in [-0.1, -0.05) is 18.2 Å². The van der Waals surface area contributed by atoms with Crippen LogP contribution in [0, 0.1) is 0 Å². The van der Waals surface area contributed by atoms with Crippen molar-refractivity contribution in [1.82, 2.24) is 4.57 Å². The second-order valence-corrected chi connectivity index (χ2v) is 5.42. The molecule has 0 saturated carbocycles. The number of nitrogens with zero attached hydrogens (tertiary/aromatic N) is 1. The maximum atomic E-state index is 9.20. The Hall–Kier alpha value is -1.58. The predicted molar refractivity (Wildman–Crippen MR) is 75.9 cm³/mol. The molecular formula is C15H15NOS. The summed E-state index contributed by atoms with van der Waals surface area (Å²) in [5.74, 6) is 0. The molecule has 0 spiro atoms. The van der Waals surface area contributed by atoms with Crippen molar-refractivity contribution in [2.75, 3.05) is 0 Å². The maximum Gasteiger partial charge on any atom is 0.0682 e. The Bertz CT molecular complexity index is 640. The molecule has 1 N–H and O–H groups in total. The Morgan fingerprint density at radius 2 is 2.11 bits per heavy atom. The molecule has 18 heavy (non-hydrogen) atoms. The van der Waals surface area contributed by atoms with Crippen LogP contribution in [0.1, 0.15) is 10.4 Å². The third kappa shape index (κ3) is 2.19. The van der Waals surface area contributed by atoms with Crippen molar-refractivity contribution >= 4 is 22.2 Å². The molecule has 0 atom stereocenters. The molecule has 1 aromatic carbocycles. The van der Waals surface area contributed by atoms with Gasteiger partial charge in [-0.15, -0.1) is 11.3 Å². The van der Waals surface area contributed by atoms with Crippen LogP contribution in [0.15, 0.2) is 48.0 Å². The quantitative estimate of drug-likeness (QED) is 0.761. The third-order valence-corrected chi connectivity index (χ3v) is 4.14.